The lowest BCUT2D eigenvalue weighted by Gasteiger charge is -2.24. The molecular formula is C12H19N5O4. The molecule has 0 bridgehead atoms. The van der Waals surface area contributed by atoms with Crippen LogP contribution in [-0.4, -0.2) is 84.8 Å². The predicted octanol–water partition coefficient (Wildman–Crippen LogP) is -2.59. The number of carbonyl (C=O) groups is 4. The van der Waals surface area contributed by atoms with Gasteiger partial charge in [0.2, 0.25) is 11.8 Å². The molecule has 21 heavy (non-hydrogen) atoms. The Morgan fingerprint density at radius 3 is 2.57 bits per heavy atom. The van der Waals surface area contributed by atoms with E-state index in [1.807, 2.05) is 11.9 Å². The molecule has 2 heterocycles. The van der Waals surface area contributed by atoms with Crippen molar-refractivity contribution in [2.45, 2.75) is 0 Å². The largest absolute Gasteiger partial charge is 0.369 e. The number of likely N-dealkylation sites (N-methyl/N-ethyl adjacent to an activating group) is 1. The maximum Gasteiger partial charge on any atom is 0.325 e. The van der Waals surface area contributed by atoms with Crippen LogP contribution in [-0.2, 0) is 14.4 Å². The van der Waals surface area contributed by atoms with Crippen LogP contribution in [0.5, 0.6) is 0 Å². The Hall–Kier alpha value is -2.16. The van der Waals surface area contributed by atoms with Crippen molar-refractivity contribution >= 4 is 23.8 Å². The van der Waals surface area contributed by atoms with Crippen LogP contribution in [0.1, 0.15) is 0 Å². The summed E-state index contributed by atoms with van der Waals surface area (Å²) in [4.78, 5) is 50.9. The van der Waals surface area contributed by atoms with Gasteiger partial charge in [0.1, 0.15) is 6.54 Å². The Labute approximate surface area is 122 Å². The maximum absolute atomic E-state index is 12.3. The first-order valence-electron chi connectivity index (χ1n) is 6.72. The first-order valence-corrected chi connectivity index (χ1v) is 6.72. The zero-order chi connectivity index (χ0) is 15.6. The Kier molecular flexibility index (Phi) is 4.41. The molecule has 0 aromatic carbocycles. The lowest BCUT2D eigenvalue weighted by molar-refractivity contribution is -0.137. The van der Waals surface area contributed by atoms with Crippen molar-refractivity contribution in [2.24, 2.45) is 11.7 Å². The topological polar surface area (TPSA) is 116 Å². The Morgan fingerprint density at radius 2 is 2.00 bits per heavy atom. The molecule has 1 atom stereocenters. The third-order valence-electron chi connectivity index (χ3n) is 3.71. The number of hydrogen-bond donors (Lipinski definition) is 2. The van der Waals surface area contributed by atoms with E-state index in [1.165, 1.54) is 4.90 Å². The van der Waals surface area contributed by atoms with Crippen LogP contribution in [0.15, 0.2) is 0 Å². The zero-order valence-corrected chi connectivity index (χ0v) is 11.9. The third kappa shape index (κ3) is 3.48. The van der Waals surface area contributed by atoms with Gasteiger partial charge in [-0.3, -0.25) is 19.3 Å². The fourth-order valence-corrected chi connectivity index (χ4v) is 2.43. The van der Waals surface area contributed by atoms with Crippen molar-refractivity contribution < 1.29 is 19.2 Å². The highest BCUT2D eigenvalue weighted by atomic mass is 16.2. The monoisotopic (exact) mass is 297 g/mol. The number of amides is 5. The molecule has 0 saturated carbocycles. The molecule has 3 N–H and O–H groups in total. The van der Waals surface area contributed by atoms with Gasteiger partial charge in [0.05, 0.1) is 12.5 Å². The number of primary amides is 1. The average molecular weight is 297 g/mol. The average Bonchev–Trinajstić information content (AvgIpc) is 2.65. The van der Waals surface area contributed by atoms with Crippen LogP contribution in [0.25, 0.3) is 0 Å². The van der Waals surface area contributed by atoms with Crippen LogP contribution in [0.3, 0.4) is 0 Å². The van der Waals surface area contributed by atoms with Crippen molar-refractivity contribution in [3.8, 4) is 0 Å². The minimum Gasteiger partial charge on any atom is -0.369 e. The molecule has 0 aromatic heterocycles. The molecule has 0 radical (unpaired) electrons. The molecular weight excluding hydrogens is 278 g/mol. The van der Waals surface area contributed by atoms with E-state index >= 15 is 0 Å². The molecule has 2 rings (SSSR count). The summed E-state index contributed by atoms with van der Waals surface area (Å²) in [5, 5.41) is 2.36. The number of nitrogens with zero attached hydrogens (tertiary/aromatic N) is 3. The van der Waals surface area contributed by atoms with Gasteiger partial charge < -0.3 is 20.9 Å². The minimum atomic E-state index is -0.563. The second-order valence-electron chi connectivity index (χ2n) is 5.34. The molecule has 0 aliphatic carbocycles. The number of nitrogens with two attached hydrogens (primary N) is 1. The van der Waals surface area contributed by atoms with Gasteiger partial charge in [-0.25, -0.2) is 4.79 Å². The van der Waals surface area contributed by atoms with Gasteiger partial charge in [0, 0.05) is 26.2 Å². The third-order valence-corrected chi connectivity index (χ3v) is 3.71. The van der Waals surface area contributed by atoms with E-state index in [2.05, 4.69) is 5.32 Å². The lowest BCUT2D eigenvalue weighted by atomic mass is 10.1. The molecule has 2 fully saturated rings. The molecule has 0 spiro atoms. The molecule has 116 valence electrons. The number of urea groups is 1. The van der Waals surface area contributed by atoms with Gasteiger partial charge in [0.25, 0.3) is 5.91 Å². The van der Waals surface area contributed by atoms with E-state index in [0.717, 1.165) is 4.90 Å². The van der Waals surface area contributed by atoms with Crippen LogP contribution >= 0.6 is 0 Å². The van der Waals surface area contributed by atoms with Crippen LogP contribution in [0.2, 0.25) is 0 Å². The maximum atomic E-state index is 12.3. The fourth-order valence-electron chi connectivity index (χ4n) is 2.43. The molecule has 9 heteroatoms. The van der Waals surface area contributed by atoms with E-state index in [9.17, 15) is 19.2 Å². The van der Waals surface area contributed by atoms with Crippen LogP contribution in [0, 0.1) is 5.92 Å². The second-order valence-corrected chi connectivity index (χ2v) is 5.34. The molecule has 2 saturated heterocycles. The van der Waals surface area contributed by atoms with E-state index in [1.54, 1.807) is 0 Å². The number of nitrogens with one attached hydrogen (secondary N) is 1. The summed E-state index contributed by atoms with van der Waals surface area (Å²) in [6.45, 7) is 1.35. The Bertz CT molecular complexity index is 464. The highest BCUT2D eigenvalue weighted by molar-refractivity contribution is 6.04. The number of carbonyl (C=O) groups excluding carboxylic acids is 4. The number of hydrogen-bond acceptors (Lipinski definition) is 5. The molecule has 9 nitrogen and oxygen atoms in total. The quantitative estimate of drug-likeness (QED) is 0.555. The standard InChI is InChI=1S/C12H19N5O4/c1-15-2-3-16(6-8(5-15)11(13)20)10(19)7-17-9(18)4-14-12(17)21/h8H,2-7H2,1H3,(H2,13,20)(H,14,21). The summed E-state index contributed by atoms with van der Waals surface area (Å²) >= 11 is 0. The molecule has 0 aromatic rings. The zero-order valence-electron chi connectivity index (χ0n) is 11.9. The SMILES string of the molecule is CN1CCN(C(=O)CN2C(=O)CNC2=O)CC(C(N)=O)C1. The predicted molar refractivity (Wildman–Crippen MR) is 71.9 cm³/mol. The first-order chi connectivity index (χ1) is 9.88. The van der Waals surface area contributed by atoms with Crippen molar-refractivity contribution in [2.75, 3.05) is 46.3 Å². The second kappa shape index (κ2) is 6.08. The highest BCUT2D eigenvalue weighted by Gasteiger charge is 2.33. The van der Waals surface area contributed by atoms with E-state index in [-0.39, 0.29) is 25.5 Å². The molecule has 1 unspecified atom stereocenters. The smallest absolute Gasteiger partial charge is 0.325 e. The van der Waals surface area contributed by atoms with Gasteiger partial charge in [-0.2, -0.15) is 0 Å². The fraction of sp³-hybridized carbons (Fsp3) is 0.667. The van der Waals surface area contributed by atoms with Gasteiger partial charge in [-0.15, -0.1) is 0 Å². The van der Waals surface area contributed by atoms with Crippen molar-refractivity contribution in [3.05, 3.63) is 0 Å². The summed E-state index contributed by atoms with van der Waals surface area (Å²) in [7, 11) is 1.85. The van der Waals surface area contributed by atoms with E-state index < -0.39 is 23.8 Å². The summed E-state index contributed by atoms with van der Waals surface area (Å²) in [5.74, 6) is -1.70. The van der Waals surface area contributed by atoms with Gasteiger partial charge in [0.15, 0.2) is 0 Å². The van der Waals surface area contributed by atoms with E-state index in [4.69, 9.17) is 5.73 Å². The lowest BCUT2D eigenvalue weighted by Crippen LogP contribution is -2.46. The van der Waals surface area contributed by atoms with Crippen LogP contribution < -0.4 is 11.1 Å². The minimum absolute atomic E-state index is 0.0846. The van der Waals surface area contributed by atoms with Crippen molar-refractivity contribution in [3.63, 3.8) is 0 Å². The van der Waals surface area contributed by atoms with Gasteiger partial charge in [-0.1, -0.05) is 0 Å². The first kappa shape index (κ1) is 15.2. The summed E-state index contributed by atoms with van der Waals surface area (Å²) in [5.41, 5.74) is 5.34. The van der Waals surface area contributed by atoms with Gasteiger partial charge in [-0.05, 0) is 7.05 Å². The van der Waals surface area contributed by atoms with Gasteiger partial charge >= 0.3 is 6.03 Å². The molecule has 5 amide bonds. The molecule has 2 aliphatic heterocycles. The molecule has 2 aliphatic rings. The summed E-state index contributed by atoms with van der Waals surface area (Å²) in [6.07, 6.45) is 0. The number of rotatable bonds is 3. The van der Waals surface area contributed by atoms with Crippen molar-refractivity contribution in [1.29, 1.82) is 0 Å². The summed E-state index contributed by atoms with van der Waals surface area (Å²) in [6, 6.07) is -0.563. The Morgan fingerprint density at radius 1 is 1.29 bits per heavy atom. The van der Waals surface area contributed by atoms with E-state index in [0.29, 0.717) is 19.6 Å². The van der Waals surface area contributed by atoms with Crippen molar-refractivity contribution in [1.82, 2.24) is 20.0 Å². The number of imide groups is 1. The Balaban J connectivity index is 2.02. The van der Waals surface area contributed by atoms with Crippen LogP contribution in [0.4, 0.5) is 4.79 Å². The summed E-state index contributed by atoms with van der Waals surface area (Å²) < 4.78 is 0. The highest BCUT2D eigenvalue weighted by Crippen LogP contribution is 2.10. The normalized spacial score (nSPS) is 24.0.